The third-order valence-corrected chi connectivity index (χ3v) is 3.62. The third-order valence-electron chi connectivity index (χ3n) is 1.98. The summed E-state index contributed by atoms with van der Waals surface area (Å²) in [7, 11) is 0. The van der Waals surface area contributed by atoms with Gasteiger partial charge < -0.3 is 0 Å². The highest BCUT2D eigenvalue weighted by Gasteiger charge is 2.02. The third kappa shape index (κ3) is 3.84. The average Bonchev–Trinajstić information content (AvgIpc) is 2.26. The number of thioether (sulfide) groups is 1. The minimum Gasteiger partial charge on any atom is -0.240 e. The van der Waals surface area contributed by atoms with Gasteiger partial charge in [0.2, 0.25) is 0 Å². The Morgan fingerprint density at radius 1 is 1.43 bits per heavy atom. The molecule has 0 aliphatic carbocycles. The molecule has 1 unspecified atom stereocenters. The Morgan fingerprint density at radius 2 is 2.07 bits per heavy atom. The maximum absolute atomic E-state index is 5.64. The Hall–Kier alpha value is -0.280. The summed E-state index contributed by atoms with van der Waals surface area (Å²) in [6.45, 7) is 4.41. The SMILES string of the molecule is CCC(C)SCc1ncc(CCl)cn1. The van der Waals surface area contributed by atoms with Crippen LogP contribution in [0.2, 0.25) is 0 Å². The topological polar surface area (TPSA) is 25.8 Å². The minimum absolute atomic E-state index is 0.485. The van der Waals surface area contributed by atoms with Crippen LogP contribution in [0.15, 0.2) is 12.4 Å². The Labute approximate surface area is 94.5 Å². The summed E-state index contributed by atoms with van der Waals surface area (Å²) >= 11 is 7.53. The van der Waals surface area contributed by atoms with Gasteiger partial charge in [-0.25, -0.2) is 9.97 Å². The largest absolute Gasteiger partial charge is 0.240 e. The van der Waals surface area contributed by atoms with Gasteiger partial charge in [-0.05, 0) is 6.42 Å². The first-order valence-electron chi connectivity index (χ1n) is 4.73. The summed E-state index contributed by atoms with van der Waals surface area (Å²) in [6.07, 6.45) is 4.78. The van der Waals surface area contributed by atoms with Crippen LogP contribution in [-0.4, -0.2) is 15.2 Å². The molecule has 0 radical (unpaired) electrons. The molecular formula is C10H15ClN2S. The standard InChI is InChI=1S/C10H15ClN2S/c1-3-8(2)14-7-10-12-5-9(4-11)6-13-10/h5-6,8H,3-4,7H2,1-2H3. The van der Waals surface area contributed by atoms with E-state index < -0.39 is 0 Å². The molecule has 0 aliphatic rings. The minimum atomic E-state index is 0.485. The molecule has 1 aromatic heterocycles. The second kappa shape index (κ2) is 6.25. The van der Waals surface area contributed by atoms with Crippen molar-refractivity contribution >= 4 is 23.4 Å². The lowest BCUT2D eigenvalue weighted by atomic mass is 10.4. The van der Waals surface area contributed by atoms with Gasteiger partial charge in [-0.3, -0.25) is 0 Å². The number of hydrogen-bond acceptors (Lipinski definition) is 3. The van der Waals surface area contributed by atoms with Crippen molar-refractivity contribution in [2.45, 2.75) is 37.2 Å². The van der Waals surface area contributed by atoms with Crippen LogP contribution in [0.4, 0.5) is 0 Å². The molecule has 4 heteroatoms. The molecule has 0 saturated heterocycles. The quantitative estimate of drug-likeness (QED) is 0.727. The van der Waals surface area contributed by atoms with Gasteiger partial charge in [-0.15, -0.1) is 11.6 Å². The predicted molar refractivity (Wildman–Crippen MR) is 62.6 cm³/mol. The van der Waals surface area contributed by atoms with E-state index in [9.17, 15) is 0 Å². The summed E-state index contributed by atoms with van der Waals surface area (Å²) in [5.74, 6) is 2.26. The summed E-state index contributed by atoms with van der Waals surface area (Å²) in [5.41, 5.74) is 0.976. The Balaban J connectivity index is 2.43. The lowest BCUT2D eigenvalue weighted by Crippen LogP contribution is -1.98. The molecule has 0 aromatic carbocycles. The van der Waals surface area contributed by atoms with Crippen LogP contribution >= 0.6 is 23.4 Å². The molecule has 0 amide bonds. The molecule has 0 spiro atoms. The first-order chi connectivity index (χ1) is 6.76. The van der Waals surface area contributed by atoms with Crippen LogP contribution in [0.1, 0.15) is 31.7 Å². The van der Waals surface area contributed by atoms with Crippen molar-refractivity contribution in [3.05, 3.63) is 23.8 Å². The van der Waals surface area contributed by atoms with E-state index in [1.807, 2.05) is 11.8 Å². The number of rotatable bonds is 5. The number of halogens is 1. The van der Waals surface area contributed by atoms with Crippen LogP contribution in [0.3, 0.4) is 0 Å². The molecule has 78 valence electrons. The highest BCUT2D eigenvalue weighted by Crippen LogP contribution is 2.17. The maximum Gasteiger partial charge on any atom is 0.138 e. The van der Waals surface area contributed by atoms with Gasteiger partial charge in [0.1, 0.15) is 5.82 Å². The molecule has 0 saturated carbocycles. The average molecular weight is 231 g/mol. The highest BCUT2D eigenvalue weighted by atomic mass is 35.5. The number of aromatic nitrogens is 2. The van der Waals surface area contributed by atoms with Crippen molar-refractivity contribution in [1.82, 2.24) is 9.97 Å². The van der Waals surface area contributed by atoms with Crippen molar-refractivity contribution in [3.63, 3.8) is 0 Å². The molecule has 1 rings (SSSR count). The smallest absolute Gasteiger partial charge is 0.138 e. The second-order valence-electron chi connectivity index (χ2n) is 3.17. The van der Waals surface area contributed by atoms with Crippen molar-refractivity contribution in [1.29, 1.82) is 0 Å². The zero-order valence-electron chi connectivity index (χ0n) is 8.53. The van der Waals surface area contributed by atoms with Crippen LogP contribution < -0.4 is 0 Å². The maximum atomic E-state index is 5.64. The van der Waals surface area contributed by atoms with Crippen LogP contribution in [0, 0.1) is 0 Å². The van der Waals surface area contributed by atoms with Crippen molar-refractivity contribution < 1.29 is 0 Å². The van der Waals surface area contributed by atoms with Gasteiger partial charge in [0, 0.05) is 23.2 Å². The van der Waals surface area contributed by atoms with Gasteiger partial charge in [0.05, 0.1) is 11.6 Å². The Morgan fingerprint density at radius 3 is 2.57 bits per heavy atom. The van der Waals surface area contributed by atoms with Gasteiger partial charge in [-0.2, -0.15) is 11.8 Å². The fourth-order valence-electron chi connectivity index (χ4n) is 0.860. The van der Waals surface area contributed by atoms with Crippen molar-refractivity contribution in [2.75, 3.05) is 0 Å². The predicted octanol–water partition coefficient (Wildman–Crippen LogP) is 3.25. The summed E-state index contributed by atoms with van der Waals surface area (Å²) in [5, 5.41) is 0.673. The molecule has 1 heterocycles. The lowest BCUT2D eigenvalue weighted by molar-refractivity contribution is 0.900. The molecule has 1 aromatic rings. The van der Waals surface area contributed by atoms with Gasteiger partial charge in [0.25, 0.3) is 0 Å². The van der Waals surface area contributed by atoms with E-state index in [2.05, 4.69) is 23.8 Å². The van der Waals surface area contributed by atoms with E-state index in [0.29, 0.717) is 11.1 Å². The van der Waals surface area contributed by atoms with E-state index >= 15 is 0 Å². The van der Waals surface area contributed by atoms with Gasteiger partial charge in [0.15, 0.2) is 0 Å². The van der Waals surface area contributed by atoms with E-state index in [4.69, 9.17) is 11.6 Å². The van der Waals surface area contributed by atoms with Crippen LogP contribution in [-0.2, 0) is 11.6 Å². The number of hydrogen-bond donors (Lipinski definition) is 0. The first-order valence-corrected chi connectivity index (χ1v) is 6.32. The van der Waals surface area contributed by atoms with Crippen molar-refractivity contribution in [3.8, 4) is 0 Å². The number of alkyl halides is 1. The zero-order valence-corrected chi connectivity index (χ0v) is 10.1. The zero-order chi connectivity index (χ0) is 10.4. The van der Waals surface area contributed by atoms with E-state index in [1.165, 1.54) is 6.42 Å². The normalized spacial score (nSPS) is 12.8. The lowest BCUT2D eigenvalue weighted by Gasteiger charge is -2.06. The molecule has 1 atom stereocenters. The fraction of sp³-hybridized carbons (Fsp3) is 0.600. The molecule has 0 aliphatic heterocycles. The molecule has 0 N–H and O–H groups in total. The molecule has 0 fully saturated rings. The molecule has 14 heavy (non-hydrogen) atoms. The van der Waals surface area contributed by atoms with Crippen molar-refractivity contribution in [2.24, 2.45) is 0 Å². The summed E-state index contributed by atoms with van der Waals surface area (Å²) < 4.78 is 0. The Bertz CT molecular complexity index is 263. The summed E-state index contributed by atoms with van der Waals surface area (Å²) in [4.78, 5) is 8.48. The Kier molecular flexibility index (Phi) is 5.26. The second-order valence-corrected chi connectivity index (χ2v) is 4.87. The summed E-state index contributed by atoms with van der Waals surface area (Å²) in [6, 6.07) is 0. The highest BCUT2D eigenvalue weighted by molar-refractivity contribution is 7.99. The van der Waals surface area contributed by atoms with E-state index in [0.717, 1.165) is 17.1 Å². The van der Waals surface area contributed by atoms with E-state index in [1.54, 1.807) is 12.4 Å². The van der Waals surface area contributed by atoms with Gasteiger partial charge >= 0.3 is 0 Å². The number of nitrogens with zero attached hydrogens (tertiary/aromatic N) is 2. The fourth-order valence-corrected chi connectivity index (χ4v) is 1.82. The van der Waals surface area contributed by atoms with E-state index in [-0.39, 0.29) is 0 Å². The molecular weight excluding hydrogens is 216 g/mol. The van der Waals surface area contributed by atoms with Gasteiger partial charge in [-0.1, -0.05) is 13.8 Å². The first kappa shape index (κ1) is 11.8. The van der Waals surface area contributed by atoms with Crippen LogP contribution in [0.25, 0.3) is 0 Å². The van der Waals surface area contributed by atoms with Crippen LogP contribution in [0.5, 0.6) is 0 Å². The molecule has 2 nitrogen and oxygen atoms in total. The molecule has 0 bridgehead atoms. The monoisotopic (exact) mass is 230 g/mol.